The summed E-state index contributed by atoms with van der Waals surface area (Å²) in [5.74, 6) is -3.55. The van der Waals surface area contributed by atoms with Gasteiger partial charge in [0.05, 0.1) is 5.56 Å². The van der Waals surface area contributed by atoms with Gasteiger partial charge in [-0.05, 0) is 32.3 Å². The fourth-order valence-corrected chi connectivity index (χ4v) is 6.04. The van der Waals surface area contributed by atoms with E-state index in [4.69, 9.17) is 0 Å². The molecule has 1 aromatic rings. The van der Waals surface area contributed by atoms with Crippen LogP contribution in [0.3, 0.4) is 0 Å². The first-order valence-corrected chi connectivity index (χ1v) is 11.5. The van der Waals surface area contributed by atoms with Crippen molar-refractivity contribution >= 4 is 35.5 Å². The minimum Gasteiger partial charge on any atom is -0.507 e. The molecule has 2 fully saturated rings. The number of nitrogens with zero attached hydrogens (tertiary/aromatic N) is 1. The molecule has 5 N–H and O–H groups in total. The SMILES string of the molecule is CC1(C)S[C@@H]2[C@H](NC(=O)C(NC(=O)c3c[nH]c(=O)cc3O)C3=CCC=CC3)C(=O)N2[C@H]1C(=O)O. The number of rotatable bonds is 6. The molecular formula is C22H24N4O7S. The average Bonchev–Trinajstić information content (AvgIpc) is 3.04. The van der Waals surface area contributed by atoms with E-state index in [1.807, 2.05) is 12.2 Å². The van der Waals surface area contributed by atoms with E-state index in [-0.39, 0.29) is 5.56 Å². The molecule has 3 amide bonds. The molecule has 34 heavy (non-hydrogen) atoms. The van der Waals surface area contributed by atoms with Gasteiger partial charge in [-0.2, -0.15) is 0 Å². The molecule has 0 saturated carbocycles. The molecule has 0 radical (unpaired) electrons. The van der Waals surface area contributed by atoms with Crippen molar-refractivity contribution < 1.29 is 29.4 Å². The van der Waals surface area contributed by atoms with Crippen molar-refractivity contribution in [3.05, 3.63) is 52.0 Å². The van der Waals surface area contributed by atoms with Crippen LogP contribution in [-0.4, -0.2) is 72.0 Å². The van der Waals surface area contributed by atoms with E-state index in [1.165, 1.54) is 16.7 Å². The lowest BCUT2D eigenvalue weighted by Gasteiger charge is -2.44. The molecule has 1 unspecified atom stereocenters. The maximum absolute atomic E-state index is 13.3. The van der Waals surface area contributed by atoms with Gasteiger partial charge in [0.25, 0.3) is 11.5 Å². The lowest BCUT2D eigenvalue weighted by Crippen LogP contribution is -2.71. The molecule has 0 bridgehead atoms. The van der Waals surface area contributed by atoms with Crippen molar-refractivity contribution in [3.8, 4) is 5.75 Å². The summed E-state index contributed by atoms with van der Waals surface area (Å²) in [7, 11) is 0. The van der Waals surface area contributed by atoms with E-state index in [1.54, 1.807) is 19.9 Å². The van der Waals surface area contributed by atoms with E-state index in [0.717, 1.165) is 12.3 Å². The Morgan fingerprint density at radius 3 is 2.62 bits per heavy atom. The summed E-state index contributed by atoms with van der Waals surface area (Å²) >= 11 is 1.30. The number of amides is 3. The molecule has 2 aliphatic heterocycles. The standard InChI is InChI=1S/C22H24N4O7S/c1-22(2)16(21(32)33)26-19(31)15(20(26)34-22)25-18(30)14(10-6-4-3-5-7-10)24-17(29)11-9-23-13(28)8-12(11)27/h3-4,7-9,14-16,20H,5-6H2,1-2H3,(H,24,29)(H,25,30)(H,32,33)(H2,23,27,28)/t14?,15-,16+,20-/m1/s1. The van der Waals surface area contributed by atoms with Crippen LogP contribution in [0.5, 0.6) is 5.75 Å². The number of carboxylic acid groups (broad SMARTS) is 1. The molecule has 4 rings (SSSR count). The van der Waals surface area contributed by atoms with Gasteiger partial charge in [0.2, 0.25) is 11.8 Å². The number of thioether (sulfide) groups is 1. The van der Waals surface area contributed by atoms with Gasteiger partial charge in [-0.3, -0.25) is 19.2 Å². The van der Waals surface area contributed by atoms with Crippen molar-refractivity contribution in [2.24, 2.45) is 0 Å². The molecule has 0 spiro atoms. The first kappa shape index (κ1) is 23.6. The quantitative estimate of drug-likeness (QED) is 0.277. The zero-order valence-electron chi connectivity index (χ0n) is 18.4. The third kappa shape index (κ3) is 4.09. The van der Waals surface area contributed by atoms with E-state index < -0.39 is 63.2 Å². The summed E-state index contributed by atoms with van der Waals surface area (Å²) in [6.45, 7) is 3.47. The normalized spacial score (nSPS) is 25.6. The summed E-state index contributed by atoms with van der Waals surface area (Å²) in [5, 5.41) is 24.2. The van der Waals surface area contributed by atoms with Crippen molar-refractivity contribution in [1.29, 1.82) is 0 Å². The highest BCUT2D eigenvalue weighted by Gasteiger charge is 2.64. The highest BCUT2D eigenvalue weighted by atomic mass is 32.2. The number of hydrogen-bond donors (Lipinski definition) is 5. The van der Waals surface area contributed by atoms with Gasteiger partial charge in [0.15, 0.2) is 0 Å². The minimum atomic E-state index is -1.14. The third-order valence-electron chi connectivity index (χ3n) is 6.06. The number of carbonyl (C=O) groups is 4. The number of H-pyrrole nitrogens is 1. The number of carbonyl (C=O) groups excluding carboxylic acids is 3. The number of aliphatic carboxylic acids is 1. The Morgan fingerprint density at radius 1 is 1.26 bits per heavy atom. The van der Waals surface area contributed by atoms with Gasteiger partial charge in [-0.25, -0.2) is 4.79 Å². The zero-order valence-corrected chi connectivity index (χ0v) is 19.2. The van der Waals surface area contributed by atoms with Gasteiger partial charge in [0.1, 0.15) is 29.2 Å². The molecule has 1 aliphatic carbocycles. The Hall–Kier alpha value is -3.54. The first-order valence-electron chi connectivity index (χ1n) is 10.6. The topological polar surface area (TPSA) is 169 Å². The van der Waals surface area contributed by atoms with Crippen molar-refractivity contribution in [2.45, 2.75) is 54.9 Å². The monoisotopic (exact) mass is 488 g/mol. The summed E-state index contributed by atoms with van der Waals surface area (Å²) in [4.78, 5) is 65.4. The number of β-lactam (4-membered cyclic amide) rings is 1. The summed E-state index contributed by atoms with van der Waals surface area (Å²) in [6.07, 6.45) is 7.55. The smallest absolute Gasteiger partial charge is 0.327 e. The number of carboxylic acids is 1. The van der Waals surface area contributed by atoms with E-state index in [0.29, 0.717) is 18.4 Å². The van der Waals surface area contributed by atoms with Crippen LogP contribution in [0, 0.1) is 0 Å². The Labute approximate surface area is 198 Å². The molecule has 3 heterocycles. The highest BCUT2D eigenvalue weighted by molar-refractivity contribution is 8.01. The van der Waals surface area contributed by atoms with Gasteiger partial charge in [-0.1, -0.05) is 18.2 Å². The fourth-order valence-electron chi connectivity index (χ4n) is 4.41. The predicted molar refractivity (Wildman–Crippen MR) is 122 cm³/mol. The predicted octanol–water partition coefficient (Wildman–Crippen LogP) is 0.0870. The zero-order chi connectivity index (χ0) is 24.8. The molecular weight excluding hydrogens is 464 g/mol. The number of aromatic amines is 1. The van der Waals surface area contributed by atoms with Crippen LogP contribution in [0.1, 0.15) is 37.0 Å². The number of nitrogens with one attached hydrogen (secondary N) is 3. The van der Waals surface area contributed by atoms with Crippen LogP contribution in [0.2, 0.25) is 0 Å². The van der Waals surface area contributed by atoms with Crippen molar-refractivity contribution in [2.75, 3.05) is 0 Å². The number of aromatic hydroxyl groups is 1. The maximum atomic E-state index is 13.3. The Kier molecular flexibility index (Phi) is 6.02. The van der Waals surface area contributed by atoms with E-state index >= 15 is 0 Å². The molecule has 11 nitrogen and oxygen atoms in total. The Balaban J connectivity index is 1.54. The van der Waals surface area contributed by atoms with Crippen LogP contribution in [0.25, 0.3) is 0 Å². The van der Waals surface area contributed by atoms with Crippen LogP contribution >= 0.6 is 11.8 Å². The third-order valence-corrected chi connectivity index (χ3v) is 7.64. The average molecular weight is 489 g/mol. The number of allylic oxidation sites excluding steroid dienone is 3. The molecule has 4 atom stereocenters. The van der Waals surface area contributed by atoms with Crippen molar-refractivity contribution in [3.63, 3.8) is 0 Å². The molecule has 2 saturated heterocycles. The maximum Gasteiger partial charge on any atom is 0.327 e. The lowest BCUT2D eigenvalue weighted by atomic mass is 9.94. The summed E-state index contributed by atoms with van der Waals surface area (Å²) in [5.41, 5.74) is -0.204. The number of hydrogen-bond acceptors (Lipinski definition) is 7. The molecule has 3 aliphatic rings. The Morgan fingerprint density at radius 2 is 2.00 bits per heavy atom. The lowest BCUT2D eigenvalue weighted by molar-refractivity contribution is -0.161. The van der Waals surface area contributed by atoms with Crippen molar-refractivity contribution in [1.82, 2.24) is 20.5 Å². The first-order chi connectivity index (χ1) is 16.0. The van der Waals surface area contributed by atoms with Crippen LogP contribution in [-0.2, 0) is 14.4 Å². The number of aromatic nitrogens is 1. The fraction of sp³-hybridized carbons (Fsp3) is 0.409. The van der Waals surface area contributed by atoms with Gasteiger partial charge < -0.3 is 30.7 Å². The van der Waals surface area contributed by atoms with Gasteiger partial charge in [-0.15, -0.1) is 11.8 Å². The number of pyridine rings is 1. The second-order valence-corrected chi connectivity index (χ2v) is 10.5. The van der Waals surface area contributed by atoms with Crippen LogP contribution in [0.15, 0.2) is 40.9 Å². The summed E-state index contributed by atoms with van der Waals surface area (Å²) < 4.78 is -0.738. The molecule has 1 aromatic heterocycles. The van der Waals surface area contributed by atoms with Crippen LogP contribution in [0.4, 0.5) is 0 Å². The second kappa shape index (κ2) is 8.67. The molecule has 180 valence electrons. The summed E-state index contributed by atoms with van der Waals surface area (Å²) in [6, 6.07) is -2.22. The highest BCUT2D eigenvalue weighted by Crippen LogP contribution is 2.50. The Bertz CT molecular complexity index is 1190. The molecule has 0 aromatic carbocycles. The number of fused-ring (bicyclic) bond motifs is 1. The minimum absolute atomic E-state index is 0.215. The largest absolute Gasteiger partial charge is 0.507 e. The van der Waals surface area contributed by atoms with E-state index in [9.17, 15) is 34.2 Å². The van der Waals surface area contributed by atoms with Gasteiger partial charge >= 0.3 is 5.97 Å². The van der Waals surface area contributed by atoms with Crippen LogP contribution < -0.4 is 16.2 Å². The van der Waals surface area contributed by atoms with Gasteiger partial charge in [0, 0.05) is 17.0 Å². The van der Waals surface area contributed by atoms with E-state index in [2.05, 4.69) is 15.6 Å². The second-order valence-electron chi connectivity index (χ2n) is 8.78. The molecule has 12 heteroatoms.